The van der Waals surface area contributed by atoms with Gasteiger partial charge in [0.2, 0.25) is 0 Å². The number of hydrogen-bond donors (Lipinski definition) is 0. The lowest BCUT2D eigenvalue weighted by Crippen LogP contribution is -2.03. The van der Waals surface area contributed by atoms with Gasteiger partial charge in [0.25, 0.3) is 0 Å². The van der Waals surface area contributed by atoms with E-state index in [0.29, 0.717) is 11.6 Å². The van der Waals surface area contributed by atoms with Crippen LogP contribution in [0.25, 0.3) is 98.0 Å². The molecule has 0 spiro atoms. The van der Waals surface area contributed by atoms with Crippen LogP contribution in [0.4, 0.5) is 0 Å². The average molecular weight is 743 g/mol. The number of benzene rings is 6. The molecule has 6 aromatic carbocycles. The Labute approximate surface area is 324 Å². The molecule has 0 saturated carbocycles. The van der Waals surface area contributed by atoms with Crippen LogP contribution in [0.2, 0.25) is 0 Å². The quantitative estimate of drug-likeness (QED) is 0.170. The maximum atomic E-state index is 5.10. The molecule has 10 aromatic rings. The van der Waals surface area contributed by atoms with Crippen molar-refractivity contribution in [3.8, 4) is 50.2 Å². The number of aromatic nitrogens is 6. The Kier molecular flexibility index (Phi) is 7.57. The van der Waals surface area contributed by atoms with Gasteiger partial charge >= 0.3 is 0 Å². The van der Waals surface area contributed by atoms with Gasteiger partial charge in [-0.15, -0.1) is 22.7 Å². The molecule has 0 aliphatic heterocycles. The van der Waals surface area contributed by atoms with E-state index in [1.54, 1.807) is 22.7 Å². The molecule has 0 atom stereocenters. The molecule has 0 radical (unpaired) electrons. The first-order chi connectivity index (χ1) is 27.2. The highest BCUT2D eigenvalue weighted by molar-refractivity contribution is 7.21. The lowest BCUT2D eigenvalue weighted by atomic mass is 10.0. The first kappa shape index (κ1) is 31.9. The van der Waals surface area contributed by atoms with Gasteiger partial charge in [0.05, 0.1) is 37.0 Å². The Hall–Kier alpha value is -6.61. The van der Waals surface area contributed by atoms with Crippen LogP contribution in [0.1, 0.15) is 18.7 Å². The summed E-state index contributed by atoms with van der Waals surface area (Å²) in [6, 6.07) is 47.2. The molecule has 0 N–H and O–H groups in total. The summed E-state index contributed by atoms with van der Waals surface area (Å²) in [6.07, 6.45) is 8.28. The Morgan fingerprint density at radius 3 is 2.22 bits per heavy atom. The predicted molar refractivity (Wildman–Crippen MR) is 229 cm³/mol. The van der Waals surface area contributed by atoms with Crippen LogP contribution in [0.5, 0.6) is 0 Å². The van der Waals surface area contributed by atoms with Crippen molar-refractivity contribution in [2.45, 2.75) is 12.8 Å². The fourth-order valence-electron chi connectivity index (χ4n) is 7.59. The molecule has 1 aliphatic carbocycles. The molecule has 0 saturated heterocycles. The molecule has 0 bridgehead atoms. The van der Waals surface area contributed by atoms with E-state index in [4.69, 9.17) is 19.9 Å². The summed E-state index contributed by atoms with van der Waals surface area (Å²) in [5, 5.41) is 3.42. The van der Waals surface area contributed by atoms with E-state index in [-0.39, 0.29) is 0 Å². The minimum absolute atomic E-state index is 0.665. The Bertz CT molecular complexity index is 3170. The zero-order valence-electron chi connectivity index (χ0n) is 29.4. The van der Waals surface area contributed by atoms with Crippen molar-refractivity contribution < 1.29 is 0 Å². The summed E-state index contributed by atoms with van der Waals surface area (Å²) in [5.41, 5.74) is 13.8. The van der Waals surface area contributed by atoms with E-state index in [1.165, 1.54) is 32.1 Å². The van der Waals surface area contributed by atoms with Crippen LogP contribution in [-0.4, -0.2) is 29.5 Å². The van der Waals surface area contributed by atoms with E-state index in [0.717, 1.165) is 72.9 Å². The second-order valence-corrected chi connectivity index (χ2v) is 15.6. The number of hydrogen-bond acceptors (Lipinski definition) is 7. The number of para-hydroxylation sites is 1. The first-order valence-electron chi connectivity index (χ1n) is 18.3. The van der Waals surface area contributed by atoms with Crippen LogP contribution < -0.4 is 0 Å². The molecule has 4 aromatic heterocycles. The maximum Gasteiger partial charge on any atom is 0.164 e. The van der Waals surface area contributed by atoms with Crippen molar-refractivity contribution in [2.24, 2.45) is 0 Å². The van der Waals surface area contributed by atoms with Crippen molar-refractivity contribution >= 4 is 70.5 Å². The van der Waals surface area contributed by atoms with E-state index in [2.05, 4.69) is 131 Å². The largest absolute Gasteiger partial charge is 0.309 e. The highest BCUT2D eigenvalue weighted by Gasteiger charge is 2.17. The monoisotopic (exact) mass is 742 g/mol. The van der Waals surface area contributed by atoms with Crippen molar-refractivity contribution in [3.05, 3.63) is 163 Å². The zero-order valence-corrected chi connectivity index (χ0v) is 31.1. The van der Waals surface area contributed by atoms with Crippen LogP contribution in [0.3, 0.4) is 0 Å². The fraction of sp³-hybridized carbons (Fsp3) is 0.0426. The molecule has 55 heavy (non-hydrogen) atoms. The Morgan fingerprint density at radius 1 is 0.527 bits per heavy atom. The minimum Gasteiger partial charge on any atom is -0.309 e. The lowest BCUT2D eigenvalue weighted by molar-refractivity contribution is 0.978. The SMILES string of the molecule is C1=CCCC(c2nc(-c3ccccc3)nc(-c3ccc4nc(-c5cccc(-c6ccc7c(c6)c6ccccc6n7-c6ccc7scnc7c6)c5)sc4c3)n2)=C1. The molecule has 11 rings (SSSR count). The third-order valence-corrected chi connectivity index (χ3v) is 12.2. The summed E-state index contributed by atoms with van der Waals surface area (Å²) in [7, 11) is 0. The minimum atomic E-state index is 0.665. The summed E-state index contributed by atoms with van der Waals surface area (Å²) < 4.78 is 4.63. The van der Waals surface area contributed by atoms with Crippen molar-refractivity contribution in [1.29, 1.82) is 0 Å². The second-order valence-electron chi connectivity index (χ2n) is 13.7. The number of nitrogens with zero attached hydrogens (tertiary/aromatic N) is 6. The third-order valence-electron chi connectivity index (χ3n) is 10.3. The van der Waals surface area contributed by atoms with Crippen LogP contribution in [-0.2, 0) is 0 Å². The molecule has 0 fully saturated rings. The molecule has 8 heteroatoms. The Balaban J connectivity index is 0.962. The van der Waals surface area contributed by atoms with Crippen LogP contribution >= 0.6 is 22.7 Å². The number of rotatable bonds is 6. The van der Waals surface area contributed by atoms with Gasteiger partial charge in [-0.05, 0) is 90.2 Å². The maximum absolute atomic E-state index is 5.10. The normalized spacial score (nSPS) is 13.0. The summed E-state index contributed by atoms with van der Waals surface area (Å²) >= 11 is 3.36. The summed E-state index contributed by atoms with van der Waals surface area (Å²) in [5.74, 6) is 2.08. The molecule has 6 nitrogen and oxygen atoms in total. The van der Waals surface area contributed by atoms with Crippen LogP contribution in [0.15, 0.2) is 157 Å². The molecule has 0 unspecified atom stereocenters. The molecule has 4 heterocycles. The van der Waals surface area contributed by atoms with Crippen molar-refractivity contribution in [2.75, 3.05) is 0 Å². The molecule has 260 valence electrons. The number of thiazole rings is 2. The second kappa shape index (κ2) is 13.1. The molecular weight excluding hydrogens is 713 g/mol. The predicted octanol–water partition coefficient (Wildman–Crippen LogP) is 12.6. The smallest absolute Gasteiger partial charge is 0.164 e. The summed E-state index contributed by atoms with van der Waals surface area (Å²) in [6.45, 7) is 0. The van der Waals surface area contributed by atoms with E-state index >= 15 is 0 Å². The van der Waals surface area contributed by atoms with E-state index in [9.17, 15) is 0 Å². The molecule has 1 aliphatic rings. The lowest BCUT2D eigenvalue weighted by Gasteiger charge is -2.11. The van der Waals surface area contributed by atoms with E-state index < -0.39 is 0 Å². The summed E-state index contributed by atoms with van der Waals surface area (Å²) in [4.78, 5) is 24.6. The number of fused-ring (bicyclic) bond motifs is 5. The molecule has 0 amide bonds. The van der Waals surface area contributed by atoms with Gasteiger partial charge in [0.15, 0.2) is 17.5 Å². The Morgan fingerprint density at radius 2 is 1.31 bits per heavy atom. The fourth-order valence-corrected chi connectivity index (χ4v) is 9.25. The van der Waals surface area contributed by atoms with E-state index in [1.807, 2.05) is 35.8 Å². The van der Waals surface area contributed by atoms with Gasteiger partial charge in [0.1, 0.15) is 5.01 Å². The van der Waals surface area contributed by atoms with Gasteiger partial charge in [-0.1, -0.05) is 91.0 Å². The highest BCUT2D eigenvalue weighted by atomic mass is 32.1. The molecular formula is C47H30N6S2. The zero-order chi connectivity index (χ0) is 36.3. The van der Waals surface area contributed by atoms with Crippen LogP contribution in [0, 0.1) is 0 Å². The van der Waals surface area contributed by atoms with Crippen molar-refractivity contribution in [1.82, 2.24) is 29.5 Å². The number of allylic oxidation sites excluding steroid dienone is 4. The van der Waals surface area contributed by atoms with Gasteiger partial charge < -0.3 is 4.57 Å². The van der Waals surface area contributed by atoms with Gasteiger partial charge in [0, 0.05) is 33.2 Å². The topological polar surface area (TPSA) is 69.4 Å². The van der Waals surface area contributed by atoms with Gasteiger partial charge in [-0.25, -0.2) is 24.9 Å². The van der Waals surface area contributed by atoms with Crippen molar-refractivity contribution in [3.63, 3.8) is 0 Å². The first-order valence-corrected chi connectivity index (χ1v) is 20.0. The highest BCUT2D eigenvalue weighted by Crippen LogP contribution is 2.38. The van der Waals surface area contributed by atoms with Gasteiger partial charge in [-0.2, -0.15) is 0 Å². The average Bonchev–Trinajstić information content (AvgIpc) is 3.99. The van der Waals surface area contributed by atoms with Gasteiger partial charge in [-0.3, -0.25) is 0 Å². The third kappa shape index (κ3) is 5.66. The standard InChI is InChI=1S/C47H30N6S2/c1-3-10-29(11-4-1)44-50-45(30-12-5-2-6-13-30)52-46(51-44)33-18-21-38-43(26-33)55-47(49-38)34-15-9-14-31(24-34)32-19-22-41-37(25-32)36-16-7-8-17-40(36)53(41)35-20-23-42-39(27-35)48-28-54-42/h1-5,7-12,14-28H,6,13H2.